The molecule has 0 saturated heterocycles. The van der Waals surface area contributed by atoms with Crippen molar-refractivity contribution in [3.05, 3.63) is 265 Å². The van der Waals surface area contributed by atoms with E-state index in [0.717, 1.165) is 71.0 Å². The van der Waals surface area contributed by atoms with E-state index in [2.05, 4.69) is 122 Å². The number of aryl methyl sites for hydroxylation is 2. The molecule has 6 heteroatoms. The summed E-state index contributed by atoms with van der Waals surface area (Å²) in [5, 5.41) is 5.74. The molecule has 14 rings (SSSR count). The highest BCUT2D eigenvalue weighted by molar-refractivity contribution is 7.22. The normalized spacial score (nSPS) is 15.8. The van der Waals surface area contributed by atoms with Crippen molar-refractivity contribution >= 4 is 73.4 Å². The van der Waals surface area contributed by atoms with E-state index in [-0.39, 0.29) is 40.9 Å². The average Bonchev–Trinajstić information content (AvgIpc) is 1.52. The van der Waals surface area contributed by atoms with Gasteiger partial charge in [-0.3, -0.25) is 4.57 Å². The first kappa shape index (κ1) is 36.7. The molecule has 78 heavy (non-hydrogen) atoms. The molecule has 2 aliphatic rings. The van der Waals surface area contributed by atoms with Gasteiger partial charge in [-0.15, -0.1) is 0 Å². The number of pyridine rings is 1. The van der Waals surface area contributed by atoms with E-state index in [1.165, 1.54) is 12.3 Å². The molecule has 12 aromatic rings. The lowest BCUT2D eigenvalue weighted by Gasteiger charge is -2.32. The second-order valence-electron chi connectivity index (χ2n) is 21.1. The summed E-state index contributed by atoms with van der Waals surface area (Å²) in [5.74, 6) is 1.39. The van der Waals surface area contributed by atoms with Gasteiger partial charge in [-0.25, -0.2) is 4.98 Å². The molecule has 0 atom stereocenters. The first-order valence-corrected chi connectivity index (χ1v) is 28.2. The predicted octanol–water partition coefficient (Wildman–Crippen LogP) is 15.8. The van der Waals surface area contributed by atoms with Gasteiger partial charge in [0.05, 0.1) is 34.9 Å². The van der Waals surface area contributed by atoms with E-state index in [9.17, 15) is 2.74 Å². The Balaban J connectivity index is 1.00. The van der Waals surface area contributed by atoms with Gasteiger partial charge in [-0.2, -0.15) is 0 Å². The fourth-order valence-electron chi connectivity index (χ4n) is 12.2. The van der Waals surface area contributed by atoms with Crippen LogP contribution < -0.4 is 35.3 Å². The lowest BCUT2D eigenvalue weighted by molar-refractivity contribution is 0.487. The van der Waals surface area contributed by atoms with Gasteiger partial charge >= 0.3 is 0 Å². The van der Waals surface area contributed by atoms with E-state index in [1.807, 2.05) is 95.6 Å². The van der Waals surface area contributed by atoms with Crippen molar-refractivity contribution in [1.29, 1.82) is 0 Å². The van der Waals surface area contributed by atoms with Crippen molar-refractivity contribution in [2.75, 3.05) is 16.5 Å². The maximum Gasteiger partial charge on any atom is 0.185 e. The topological polar surface area (TPSA) is 33.5 Å². The van der Waals surface area contributed by atoms with Gasteiger partial charge in [0.2, 0.25) is 0 Å². The number of rotatable bonds is 9. The molecule has 0 bridgehead atoms. The average molecular weight is 1030 g/mol. The molecule has 10 aromatic carbocycles. The third-order valence-corrected chi connectivity index (χ3v) is 20.5. The monoisotopic (exact) mass is 1030 g/mol. The Kier molecular flexibility index (Phi) is 8.71. The lowest BCUT2D eigenvalue weighted by Crippen LogP contribution is -2.73. The number of anilines is 4. The van der Waals surface area contributed by atoms with Gasteiger partial charge in [0.15, 0.2) is 8.07 Å². The summed E-state index contributed by atoms with van der Waals surface area (Å²) < 4.78 is 106. The minimum atomic E-state index is -3.43. The third-order valence-electron chi connectivity index (χ3n) is 15.6. The third kappa shape index (κ3) is 7.54. The van der Waals surface area contributed by atoms with Gasteiger partial charge in [0, 0.05) is 59.3 Å². The van der Waals surface area contributed by atoms with Crippen LogP contribution in [0.2, 0.25) is 0 Å². The largest absolute Gasteiger partial charge is 0.457 e. The number of para-hydroxylation sites is 3. The molecule has 0 spiro atoms. The summed E-state index contributed by atoms with van der Waals surface area (Å²) in [7, 11) is -3.43. The van der Waals surface area contributed by atoms with Crippen LogP contribution in [-0.4, -0.2) is 24.3 Å². The standard InChI is InChI=1S/C72H58N4OSi/c1-48-38-39-61-60(42-48)68-64(76(61)67-43-49(2)40-41-73-67)46-65(71-69(68)59-32-15-18-37-66(59)78(71,55-28-11-7-12-29-55)56-30-13-8-14-31-56)77-54-27-20-26-53(45-54)74-47-75(63-36-17-16-35-62(63)74)70-57(50-22-9-6-10-23-50)33-21-34-58(70)51-24-19-25-52(44-51)72(3,4)5/h6-46H,47H2,1-5H3/i1D3,2D3,6D,9D,10D,22D,23D. The number of hydrogen-bond acceptors (Lipinski definition) is 4. The Labute approximate surface area is 473 Å². The second kappa shape index (κ2) is 18.5. The molecule has 5 nitrogen and oxygen atoms in total. The molecule has 0 saturated carbocycles. The summed E-state index contributed by atoms with van der Waals surface area (Å²) in [6.45, 7) is 1.83. The number of nitrogens with zero attached hydrogens (tertiary/aromatic N) is 4. The predicted molar refractivity (Wildman–Crippen MR) is 329 cm³/mol. The fraction of sp³-hybridized carbons (Fsp3) is 0.0972. The summed E-state index contributed by atoms with van der Waals surface area (Å²) in [4.78, 5) is 9.20. The van der Waals surface area contributed by atoms with E-state index in [1.54, 1.807) is 24.3 Å². The van der Waals surface area contributed by atoms with Gasteiger partial charge in [0.25, 0.3) is 0 Å². The van der Waals surface area contributed by atoms with E-state index in [4.69, 9.17) is 22.1 Å². The molecule has 0 N–H and O–H groups in total. The van der Waals surface area contributed by atoms with Crippen LogP contribution in [0.3, 0.4) is 0 Å². The Morgan fingerprint density at radius 2 is 1.23 bits per heavy atom. The van der Waals surface area contributed by atoms with Gasteiger partial charge in [0.1, 0.15) is 24.0 Å². The van der Waals surface area contributed by atoms with Gasteiger partial charge < -0.3 is 14.5 Å². The molecule has 376 valence electrons. The summed E-state index contributed by atoms with van der Waals surface area (Å²) in [6, 6.07) is 68.0. The SMILES string of the molecule is [2H]c1c([2H])c([2H])c(-c2cccc(-c3cccc(C(C)(C)C)c3)c2N2CN(c3cccc(Oc4cc5c(c6c4[Si](c4ccccc4)(c4ccccc4)c4ccccc4-6)c4cc(C([2H])([2H])[2H])ccc4n5-c4cc(C([2H])([2H])[2H])ccn4)c3)c3ccccc32)c([2H])c1[2H]. The Morgan fingerprint density at radius 1 is 0.564 bits per heavy atom. The maximum atomic E-state index is 9.30. The van der Waals surface area contributed by atoms with Crippen LogP contribution in [0.1, 0.15) is 52.5 Å². The highest BCUT2D eigenvalue weighted by atomic mass is 28.3. The summed E-state index contributed by atoms with van der Waals surface area (Å²) in [6.07, 6.45) is 1.50. The zero-order chi connectivity index (χ0) is 62.1. The first-order chi connectivity index (χ1) is 42.6. The van der Waals surface area contributed by atoms with Crippen molar-refractivity contribution in [2.24, 2.45) is 0 Å². The fourth-order valence-corrected chi connectivity index (χ4v) is 17.5. The summed E-state index contributed by atoms with van der Waals surface area (Å²) >= 11 is 0. The Morgan fingerprint density at radius 3 is 1.99 bits per heavy atom. The smallest absolute Gasteiger partial charge is 0.185 e. The summed E-state index contributed by atoms with van der Waals surface area (Å²) in [5.41, 5.74) is 9.74. The number of benzene rings is 10. The first-order valence-electron chi connectivity index (χ1n) is 31.7. The highest BCUT2D eigenvalue weighted by Gasteiger charge is 2.52. The molecule has 0 unspecified atom stereocenters. The molecule has 2 aromatic heterocycles. The van der Waals surface area contributed by atoms with Crippen LogP contribution in [0.5, 0.6) is 11.5 Å². The highest BCUT2D eigenvalue weighted by Crippen LogP contribution is 2.51. The molecule has 0 fully saturated rings. The molecule has 0 aliphatic carbocycles. The minimum Gasteiger partial charge on any atom is -0.457 e. The second-order valence-corrected chi connectivity index (χ2v) is 24.8. The van der Waals surface area contributed by atoms with Crippen molar-refractivity contribution < 1.29 is 19.8 Å². The van der Waals surface area contributed by atoms with Crippen LogP contribution in [0.25, 0.3) is 61.0 Å². The van der Waals surface area contributed by atoms with Crippen LogP contribution in [0.4, 0.5) is 22.7 Å². The van der Waals surface area contributed by atoms with Crippen molar-refractivity contribution in [2.45, 2.75) is 39.9 Å². The van der Waals surface area contributed by atoms with Gasteiger partial charge in [-0.05, 0) is 117 Å². The number of aromatic nitrogens is 2. The lowest BCUT2D eigenvalue weighted by atomic mass is 9.85. The van der Waals surface area contributed by atoms with Crippen LogP contribution in [-0.2, 0) is 5.41 Å². The van der Waals surface area contributed by atoms with Crippen molar-refractivity contribution in [3.8, 4) is 50.7 Å². The van der Waals surface area contributed by atoms with Crippen molar-refractivity contribution in [3.63, 3.8) is 0 Å². The van der Waals surface area contributed by atoms with Gasteiger partial charge in [-0.1, -0.05) is 208 Å². The quantitative estimate of drug-likeness (QED) is 0.135. The molecule has 0 amide bonds. The Bertz CT molecular complexity index is 4780. The van der Waals surface area contributed by atoms with E-state index >= 15 is 0 Å². The minimum absolute atomic E-state index is 0.0981. The zero-order valence-electron chi connectivity index (χ0n) is 54.2. The molecule has 2 aliphatic heterocycles. The molecule has 0 radical (unpaired) electrons. The molecular weight excluding hydrogens is 965 g/mol. The van der Waals surface area contributed by atoms with Crippen LogP contribution >= 0.6 is 0 Å². The Hall–Kier alpha value is -9.23. The van der Waals surface area contributed by atoms with Crippen LogP contribution in [0.15, 0.2) is 249 Å². The molecule has 4 heterocycles. The maximum absolute atomic E-state index is 9.30. The van der Waals surface area contributed by atoms with Crippen LogP contribution in [0, 0.1) is 13.7 Å². The number of ether oxygens (including phenoxy) is 1. The molecular formula is C72H58N4OSi. The van der Waals surface area contributed by atoms with E-state index in [0.29, 0.717) is 45.0 Å². The number of hydrogen-bond donors (Lipinski definition) is 0. The van der Waals surface area contributed by atoms with E-state index < -0.39 is 39.9 Å². The number of fused-ring (bicyclic) bond motifs is 8. The zero-order valence-corrected chi connectivity index (χ0v) is 44.2. The van der Waals surface area contributed by atoms with Crippen molar-refractivity contribution in [1.82, 2.24) is 9.55 Å².